The molecular formula is C14H15FINO3. The number of carboxylic acid groups (broad SMARTS) is 1. The number of hydrogen-bond acceptors (Lipinski definition) is 2. The van der Waals surface area contributed by atoms with Crippen molar-refractivity contribution in [3.8, 4) is 0 Å². The largest absolute Gasteiger partial charge is 0.481 e. The molecule has 0 aliphatic heterocycles. The van der Waals surface area contributed by atoms with Crippen LogP contribution in [0, 0.1) is 27.1 Å². The molecule has 0 heterocycles. The Hall–Kier alpha value is -1.18. The van der Waals surface area contributed by atoms with Crippen molar-refractivity contribution < 1.29 is 19.1 Å². The lowest BCUT2D eigenvalue weighted by Crippen LogP contribution is -2.30. The first-order valence-corrected chi connectivity index (χ1v) is 7.45. The minimum atomic E-state index is -0.927. The van der Waals surface area contributed by atoms with Crippen molar-refractivity contribution in [2.45, 2.75) is 19.8 Å². The monoisotopic (exact) mass is 391 g/mol. The maximum Gasteiger partial charge on any atom is 0.307 e. The van der Waals surface area contributed by atoms with E-state index in [9.17, 15) is 19.1 Å². The Balaban J connectivity index is 2.13. The summed E-state index contributed by atoms with van der Waals surface area (Å²) in [5.74, 6) is -2.54. The summed E-state index contributed by atoms with van der Waals surface area (Å²) in [5.41, 5.74) is 0.515. The zero-order valence-electron chi connectivity index (χ0n) is 10.9. The minimum absolute atomic E-state index is 0.221. The van der Waals surface area contributed by atoms with Crippen LogP contribution in [0.2, 0.25) is 0 Å². The quantitative estimate of drug-likeness (QED) is 0.779. The summed E-state index contributed by atoms with van der Waals surface area (Å²) in [4.78, 5) is 23.4. The maximum absolute atomic E-state index is 13.0. The smallest absolute Gasteiger partial charge is 0.307 e. The standard InChI is InChI=1S/C14H15FINO3/c1-7-4-9(10(5-7)14(19)20)13(18)17-12-3-2-8(15)6-11(12)16/h2-3,6-7,9-10H,4-5H2,1H3,(H,17,18)(H,19,20)/t7?,9-,10+/m0/s1. The van der Waals surface area contributed by atoms with E-state index in [2.05, 4.69) is 5.32 Å². The van der Waals surface area contributed by atoms with E-state index in [4.69, 9.17) is 0 Å². The molecular weight excluding hydrogens is 376 g/mol. The third kappa shape index (κ3) is 3.28. The third-order valence-electron chi connectivity index (χ3n) is 3.64. The molecule has 1 saturated carbocycles. The summed E-state index contributed by atoms with van der Waals surface area (Å²) < 4.78 is 13.6. The third-order valence-corrected chi connectivity index (χ3v) is 4.53. The predicted molar refractivity (Wildman–Crippen MR) is 80.8 cm³/mol. The fourth-order valence-electron chi connectivity index (χ4n) is 2.67. The molecule has 1 amide bonds. The van der Waals surface area contributed by atoms with E-state index in [1.54, 1.807) is 0 Å². The molecule has 0 aromatic heterocycles. The molecule has 1 aromatic carbocycles. The average Bonchev–Trinajstić information content (AvgIpc) is 2.75. The zero-order valence-corrected chi connectivity index (χ0v) is 13.1. The van der Waals surface area contributed by atoms with Gasteiger partial charge in [0.15, 0.2) is 0 Å². The lowest BCUT2D eigenvalue weighted by molar-refractivity contribution is -0.145. The summed E-state index contributed by atoms with van der Waals surface area (Å²) in [7, 11) is 0. The van der Waals surface area contributed by atoms with Gasteiger partial charge in [-0.25, -0.2) is 4.39 Å². The van der Waals surface area contributed by atoms with Crippen LogP contribution in [0.4, 0.5) is 10.1 Å². The molecule has 1 aromatic rings. The highest BCUT2D eigenvalue weighted by Gasteiger charge is 2.41. The Bertz CT molecular complexity index is 549. The van der Waals surface area contributed by atoms with Crippen LogP contribution in [0.15, 0.2) is 18.2 Å². The number of aliphatic carboxylic acids is 1. The summed E-state index contributed by atoms with van der Waals surface area (Å²) >= 11 is 1.93. The number of amides is 1. The van der Waals surface area contributed by atoms with E-state index in [1.807, 2.05) is 29.5 Å². The van der Waals surface area contributed by atoms with Gasteiger partial charge in [0.2, 0.25) is 5.91 Å². The molecule has 1 aliphatic rings. The number of nitrogens with one attached hydrogen (secondary N) is 1. The van der Waals surface area contributed by atoms with Crippen LogP contribution >= 0.6 is 22.6 Å². The van der Waals surface area contributed by atoms with E-state index in [-0.39, 0.29) is 17.6 Å². The maximum atomic E-state index is 13.0. The summed E-state index contributed by atoms with van der Waals surface area (Å²) in [5, 5.41) is 11.9. The van der Waals surface area contributed by atoms with Gasteiger partial charge in [-0.05, 0) is 59.5 Å². The van der Waals surface area contributed by atoms with Crippen LogP contribution in [0.25, 0.3) is 0 Å². The van der Waals surface area contributed by atoms with E-state index in [0.717, 1.165) is 0 Å². The molecule has 1 unspecified atom stereocenters. The van der Waals surface area contributed by atoms with Crippen LogP contribution in [-0.4, -0.2) is 17.0 Å². The topological polar surface area (TPSA) is 66.4 Å². The molecule has 2 rings (SSSR count). The molecule has 0 bridgehead atoms. The molecule has 3 atom stereocenters. The number of hydrogen-bond donors (Lipinski definition) is 2. The predicted octanol–water partition coefficient (Wildman–Crippen LogP) is 3.12. The van der Waals surface area contributed by atoms with Crippen molar-refractivity contribution >= 4 is 40.2 Å². The fourth-order valence-corrected chi connectivity index (χ4v) is 3.28. The highest BCUT2D eigenvalue weighted by Crippen LogP contribution is 2.37. The van der Waals surface area contributed by atoms with Gasteiger partial charge in [0.05, 0.1) is 17.5 Å². The van der Waals surface area contributed by atoms with Crippen molar-refractivity contribution in [1.29, 1.82) is 0 Å². The lowest BCUT2D eigenvalue weighted by atomic mass is 9.95. The number of carbonyl (C=O) groups is 2. The van der Waals surface area contributed by atoms with Crippen LogP contribution in [0.3, 0.4) is 0 Å². The Morgan fingerprint density at radius 3 is 2.60 bits per heavy atom. The van der Waals surface area contributed by atoms with Gasteiger partial charge in [-0.3, -0.25) is 9.59 Å². The molecule has 108 valence electrons. The highest BCUT2D eigenvalue weighted by atomic mass is 127. The van der Waals surface area contributed by atoms with Gasteiger partial charge in [-0.1, -0.05) is 6.92 Å². The van der Waals surface area contributed by atoms with Crippen molar-refractivity contribution in [2.75, 3.05) is 5.32 Å². The molecule has 6 heteroatoms. The Labute approximate surface area is 129 Å². The first-order valence-electron chi connectivity index (χ1n) is 6.37. The van der Waals surface area contributed by atoms with E-state index < -0.39 is 17.8 Å². The Morgan fingerprint density at radius 2 is 2.00 bits per heavy atom. The van der Waals surface area contributed by atoms with Crippen LogP contribution in [0.5, 0.6) is 0 Å². The second kappa shape index (κ2) is 6.07. The molecule has 4 nitrogen and oxygen atoms in total. The fraction of sp³-hybridized carbons (Fsp3) is 0.429. The SMILES string of the molecule is CC1C[C@H](C(=O)Nc2ccc(F)cc2I)[C@H](C(=O)O)C1. The summed E-state index contributed by atoms with van der Waals surface area (Å²) in [6.07, 6.45) is 1.09. The van der Waals surface area contributed by atoms with Gasteiger partial charge in [0.1, 0.15) is 5.82 Å². The average molecular weight is 391 g/mol. The first-order chi connectivity index (χ1) is 9.38. The molecule has 0 saturated heterocycles. The van der Waals surface area contributed by atoms with Gasteiger partial charge in [0, 0.05) is 3.57 Å². The van der Waals surface area contributed by atoms with Gasteiger partial charge in [0.25, 0.3) is 0 Å². The summed E-state index contributed by atoms with van der Waals surface area (Å²) in [6.45, 7) is 1.95. The van der Waals surface area contributed by atoms with Gasteiger partial charge >= 0.3 is 5.97 Å². The zero-order chi connectivity index (χ0) is 14.9. The van der Waals surface area contributed by atoms with E-state index in [1.165, 1.54) is 18.2 Å². The molecule has 1 fully saturated rings. The number of carbonyl (C=O) groups excluding carboxylic acids is 1. The van der Waals surface area contributed by atoms with Crippen molar-refractivity contribution in [3.63, 3.8) is 0 Å². The minimum Gasteiger partial charge on any atom is -0.481 e. The van der Waals surface area contributed by atoms with Crippen LogP contribution in [-0.2, 0) is 9.59 Å². The van der Waals surface area contributed by atoms with Gasteiger partial charge < -0.3 is 10.4 Å². The van der Waals surface area contributed by atoms with Gasteiger partial charge in [-0.15, -0.1) is 0 Å². The van der Waals surface area contributed by atoms with Crippen LogP contribution in [0.1, 0.15) is 19.8 Å². The summed E-state index contributed by atoms with van der Waals surface area (Å²) in [6, 6.07) is 4.08. The molecule has 2 N–H and O–H groups in total. The van der Waals surface area contributed by atoms with E-state index >= 15 is 0 Å². The number of carboxylic acids is 1. The Kier molecular flexibility index (Phi) is 4.62. The van der Waals surface area contributed by atoms with E-state index in [0.29, 0.717) is 22.1 Å². The second-order valence-electron chi connectivity index (χ2n) is 5.24. The van der Waals surface area contributed by atoms with Crippen molar-refractivity contribution in [2.24, 2.45) is 17.8 Å². The Morgan fingerprint density at radius 1 is 1.35 bits per heavy atom. The number of anilines is 1. The molecule has 1 aliphatic carbocycles. The normalized spacial score (nSPS) is 25.4. The first kappa shape index (κ1) is 15.2. The molecule has 0 radical (unpaired) electrons. The highest BCUT2D eigenvalue weighted by molar-refractivity contribution is 14.1. The number of benzene rings is 1. The van der Waals surface area contributed by atoms with Crippen molar-refractivity contribution in [3.05, 3.63) is 27.6 Å². The van der Waals surface area contributed by atoms with Gasteiger partial charge in [-0.2, -0.15) is 0 Å². The lowest BCUT2D eigenvalue weighted by Gasteiger charge is -2.16. The molecule has 0 spiro atoms. The molecule has 20 heavy (non-hydrogen) atoms. The number of halogens is 2. The van der Waals surface area contributed by atoms with Crippen molar-refractivity contribution in [1.82, 2.24) is 0 Å². The number of rotatable bonds is 3. The second-order valence-corrected chi connectivity index (χ2v) is 6.40. The van der Waals surface area contributed by atoms with Crippen LogP contribution < -0.4 is 5.32 Å².